The lowest BCUT2D eigenvalue weighted by Crippen LogP contribution is -2.18. The maximum atomic E-state index is 9.00. The van der Waals surface area contributed by atoms with Crippen LogP contribution in [0.1, 0.15) is 0 Å². The molecule has 2 aromatic carbocycles. The van der Waals surface area contributed by atoms with Gasteiger partial charge in [0.25, 0.3) is 0 Å². The second-order valence-electron chi connectivity index (χ2n) is 3.27. The predicted octanol–water partition coefficient (Wildman–Crippen LogP) is 1.48. The number of hydrogen-bond acceptors (Lipinski definition) is 2. The van der Waals surface area contributed by atoms with Crippen LogP contribution in [0.5, 0.6) is 0 Å². The highest BCUT2D eigenvalue weighted by molar-refractivity contribution is 5.69. The standard InChI is InChI=1S/C12H10.CH4N2O.CH3NO/c1-3-7-11(8-4-1)12-9-5-2-6-10-12;2-1(3)4;2-1-3/h1-10H;(H4,2,3,4);1H,(H2,2,3). The minimum atomic E-state index is -0.833. The maximum absolute atomic E-state index is 9.00. The van der Waals surface area contributed by atoms with Gasteiger partial charge in [-0.3, -0.25) is 4.79 Å². The predicted molar refractivity (Wildman–Crippen MR) is 75.9 cm³/mol. The zero-order valence-electron chi connectivity index (χ0n) is 10.4. The molecule has 0 radical (unpaired) electrons. The van der Waals surface area contributed by atoms with Crippen molar-refractivity contribution in [1.82, 2.24) is 0 Å². The fourth-order valence-electron chi connectivity index (χ4n) is 1.26. The number of benzene rings is 2. The van der Waals surface area contributed by atoms with Gasteiger partial charge in [0.2, 0.25) is 6.41 Å². The van der Waals surface area contributed by atoms with E-state index in [1.807, 2.05) is 12.1 Å². The Balaban J connectivity index is 0.000000393. The van der Waals surface area contributed by atoms with E-state index in [0.29, 0.717) is 0 Å². The van der Waals surface area contributed by atoms with Crippen LogP contribution in [-0.4, -0.2) is 12.4 Å². The summed E-state index contributed by atoms with van der Waals surface area (Å²) in [4.78, 5) is 17.6. The molecule has 6 N–H and O–H groups in total. The van der Waals surface area contributed by atoms with Crippen LogP contribution in [-0.2, 0) is 4.79 Å². The molecule has 0 unspecified atom stereocenters. The number of amides is 3. The third kappa shape index (κ3) is 8.93. The topological polar surface area (TPSA) is 112 Å². The molecule has 0 aliphatic heterocycles. The molecular formula is C14H17N3O2. The van der Waals surface area contributed by atoms with Crippen LogP contribution >= 0.6 is 0 Å². The quantitative estimate of drug-likeness (QED) is 0.673. The van der Waals surface area contributed by atoms with Crippen molar-refractivity contribution in [2.45, 2.75) is 0 Å². The van der Waals surface area contributed by atoms with Gasteiger partial charge >= 0.3 is 6.03 Å². The molecule has 19 heavy (non-hydrogen) atoms. The zero-order chi connectivity index (χ0) is 14.5. The first kappa shape index (κ1) is 16.2. The van der Waals surface area contributed by atoms with E-state index in [-0.39, 0.29) is 6.41 Å². The summed E-state index contributed by atoms with van der Waals surface area (Å²) in [5.41, 5.74) is 15.2. The maximum Gasteiger partial charge on any atom is 0.309 e. The molecule has 0 aromatic heterocycles. The first-order chi connectivity index (χ1) is 9.11. The van der Waals surface area contributed by atoms with Crippen LogP contribution in [0.15, 0.2) is 60.7 Å². The molecule has 0 bridgehead atoms. The fraction of sp³-hybridized carbons (Fsp3) is 0. The molecule has 0 atom stereocenters. The van der Waals surface area contributed by atoms with Crippen molar-refractivity contribution >= 4 is 12.4 Å². The number of carbonyl (C=O) groups is 2. The lowest BCUT2D eigenvalue weighted by Gasteiger charge is -1.98. The molecule has 0 aliphatic rings. The number of primary amides is 3. The molecule has 5 nitrogen and oxygen atoms in total. The second-order valence-corrected chi connectivity index (χ2v) is 3.27. The van der Waals surface area contributed by atoms with Gasteiger partial charge in [0.05, 0.1) is 0 Å². The van der Waals surface area contributed by atoms with E-state index in [2.05, 4.69) is 65.7 Å². The Hall–Kier alpha value is -2.82. The summed E-state index contributed by atoms with van der Waals surface area (Å²) < 4.78 is 0. The highest BCUT2D eigenvalue weighted by Crippen LogP contribution is 2.17. The first-order valence-corrected chi connectivity index (χ1v) is 5.42. The monoisotopic (exact) mass is 259 g/mol. The summed E-state index contributed by atoms with van der Waals surface area (Å²) in [5.74, 6) is 0. The van der Waals surface area contributed by atoms with E-state index in [0.717, 1.165) is 0 Å². The van der Waals surface area contributed by atoms with Crippen molar-refractivity contribution in [3.63, 3.8) is 0 Å². The van der Waals surface area contributed by atoms with Crippen molar-refractivity contribution in [3.05, 3.63) is 60.7 Å². The van der Waals surface area contributed by atoms with Gasteiger partial charge in [-0.25, -0.2) is 4.79 Å². The molecule has 100 valence electrons. The van der Waals surface area contributed by atoms with E-state index in [1.165, 1.54) is 11.1 Å². The van der Waals surface area contributed by atoms with Gasteiger partial charge in [-0.2, -0.15) is 0 Å². The number of urea groups is 1. The molecular weight excluding hydrogens is 242 g/mol. The molecule has 3 amide bonds. The van der Waals surface area contributed by atoms with Gasteiger partial charge in [-0.15, -0.1) is 0 Å². The van der Waals surface area contributed by atoms with Crippen molar-refractivity contribution in [3.8, 4) is 11.1 Å². The molecule has 2 rings (SSSR count). The molecule has 0 aliphatic carbocycles. The van der Waals surface area contributed by atoms with Crippen LogP contribution in [0, 0.1) is 0 Å². The number of nitrogens with two attached hydrogens (primary N) is 3. The molecule has 0 heterocycles. The lowest BCUT2D eigenvalue weighted by molar-refractivity contribution is -0.106. The molecule has 0 saturated carbocycles. The smallest absolute Gasteiger partial charge is 0.309 e. The Bertz CT molecular complexity index is 431. The second kappa shape index (κ2) is 10.3. The van der Waals surface area contributed by atoms with E-state index < -0.39 is 6.03 Å². The third-order valence-corrected chi connectivity index (χ3v) is 1.88. The summed E-state index contributed by atoms with van der Waals surface area (Å²) in [6.07, 6.45) is 0.250. The summed E-state index contributed by atoms with van der Waals surface area (Å²) in [7, 11) is 0. The van der Waals surface area contributed by atoms with E-state index in [4.69, 9.17) is 9.59 Å². The Morgan fingerprint density at radius 2 is 1.00 bits per heavy atom. The highest BCUT2D eigenvalue weighted by Gasteiger charge is 1.91. The molecule has 2 aromatic rings. The third-order valence-electron chi connectivity index (χ3n) is 1.88. The molecule has 0 fully saturated rings. The molecule has 0 saturated heterocycles. The largest absolute Gasteiger partial charge is 0.372 e. The summed E-state index contributed by atoms with van der Waals surface area (Å²) >= 11 is 0. The average molecular weight is 259 g/mol. The minimum Gasteiger partial charge on any atom is -0.372 e. The number of hydrogen-bond donors (Lipinski definition) is 3. The highest BCUT2D eigenvalue weighted by atomic mass is 16.2. The van der Waals surface area contributed by atoms with Gasteiger partial charge in [0.1, 0.15) is 0 Å². The van der Waals surface area contributed by atoms with Crippen molar-refractivity contribution in [2.75, 3.05) is 0 Å². The van der Waals surface area contributed by atoms with Crippen molar-refractivity contribution in [1.29, 1.82) is 0 Å². The fourth-order valence-corrected chi connectivity index (χ4v) is 1.26. The van der Waals surface area contributed by atoms with Gasteiger partial charge < -0.3 is 17.2 Å². The summed E-state index contributed by atoms with van der Waals surface area (Å²) in [6.45, 7) is 0. The first-order valence-electron chi connectivity index (χ1n) is 5.42. The average Bonchev–Trinajstić information content (AvgIpc) is 2.41. The Morgan fingerprint density at radius 3 is 1.21 bits per heavy atom. The van der Waals surface area contributed by atoms with Gasteiger partial charge in [0.15, 0.2) is 0 Å². The number of rotatable bonds is 1. The van der Waals surface area contributed by atoms with Crippen molar-refractivity contribution < 1.29 is 9.59 Å². The number of carbonyl (C=O) groups excluding carboxylic acids is 2. The van der Waals surface area contributed by atoms with Gasteiger partial charge in [-0.05, 0) is 11.1 Å². The normalized spacial score (nSPS) is 8.00. The zero-order valence-corrected chi connectivity index (χ0v) is 10.4. The van der Waals surface area contributed by atoms with Crippen LogP contribution in [0.3, 0.4) is 0 Å². The van der Waals surface area contributed by atoms with E-state index in [9.17, 15) is 0 Å². The summed E-state index contributed by atoms with van der Waals surface area (Å²) in [5, 5.41) is 0. The van der Waals surface area contributed by atoms with Gasteiger partial charge in [0, 0.05) is 0 Å². The minimum absolute atomic E-state index is 0.250. The molecule has 5 heteroatoms. The SMILES string of the molecule is NC(N)=O.NC=O.c1ccc(-c2ccccc2)cc1. The summed E-state index contributed by atoms with van der Waals surface area (Å²) in [6, 6.07) is 19.9. The van der Waals surface area contributed by atoms with E-state index >= 15 is 0 Å². The Labute approximate surface area is 112 Å². The molecule has 0 spiro atoms. The van der Waals surface area contributed by atoms with Crippen LogP contribution < -0.4 is 17.2 Å². The van der Waals surface area contributed by atoms with Crippen LogP contribution in [0.2, 0.25) is 0 Å². The van der Waals surface area contributed by atoms with Crippen molar-refractivity contribution in [2.24, 2.45) is 17.2 Å². The van der Waals surface area contributed by atoms with Crippen LogP contribution in [0.4, 0.5) is 4.79 Å². The lowest BCUT2D eigenvalue weighted by atomic mass is 10.1. The van der Waals surface area contributed by atoms with E-state index in [1.54, 1.807) is 0 Å². The van der Waals surface area contributed by atoms with Gasteiger partial charge in [-0.1, -0.05) is 60.7 Å². The Kier molecular flexibility index (Phi) is 8.81. The Morgan fingerprint density at radius 1 is 0.789 bits per heavy atom. The van der Waals surface area contributed by atoms with Crippen LogP contribution in [0.25, 0.3) is 11.1 Å².